The molecule has 0 bridgehead atoms. The van der Waals surface area contributed by atoms with Gasteiger partial charge in [0.05, 0.1) is 26.4 Å². The number of aliphatic hydroxyl groups is 1. The Kier molecular flexibility index (Phi) is 12.2. The molecule has 0 saturated heterocycles. The van der Waals surface area contributed by atoms with Crippen molar-refractivity contribution in [2.24, 2.45) is 0 Å². The Balaban J connectivity index is 3.31. The largest absolute Gasteiger partial charge is 0.388 e. The fraction of sp³-hybridized carbons (Fsp3) is 0.769. The molecule has 5 heteroatoms. The van der Waals surface area contributed by atoms with Crippen LogP contribution in [0.1, 0.15) is 12.8 Å². The lowest BCUT2D eigenvalue weighted by atomic mass is 10.3. The molecule has 0 amide bonds. The molecule has 1 atom stereocenters. The zero-order chi connectivity index (χ0) is 13.6. The molecule has 0 aromatic rings. The number of rotatable bonds is 13. The lowest BCUT2D eigenvalue weighted by Crippen LogP contribution is -2.27. The maximum absolute atomic E-state index is 10.1. The highest BCUT2D eigenvalue weighted by molar-refractivity contribution is 5.48. The zero-order valence-corrected chi connectivity index (χ0v) is 11.2. The summed E-state index contributed by atoms with van der Waals surface area (Å²) in [6.07, 6.45) is 3.46. The predicted molar refractivity (Wildman–Crippen MR) is 70.6 cm³/mol. The van der Waals surface area contributed by atoms with Crippen molar-refractivity contribution < 1.29 is 19.4 Å². The van der Waals surface area contributed by atoms with Crippen molar-refractivity contribution in [2.75, 3.05) is 46.6 Å². The van der Waals surface area contributed by atoms with Crippen molar-refractivity contribution in [2.45, 2.75) is 18.9 Å². The fourth-order valence-electron chi connectivity index (χ4n) is 1.33. The van der Waals surface area contributed by atoms with Gasteiger partial charge in [-0.3, -0.25) is 0 Å². The third-order valence-electron chi connectivity index (χ3n) is 2.34. The van der Waals surface area contributed by atoms with Crippen LogP contribution in [-0.4, -0.2) is 69.0 Å². The van der Waals surface area contributed by atoms with Crippen LogP contribution in [0.2, 0.25) is 0 Å². The van der Waals surface area contributed by atoms with Crippen molar-refractivity contribution in [3.05, 3.63) is 12.7 Å². The van der Waals surface area contributed by atoms with E-state index in [2.05, 4.69) is 11.5 Å². The number of ether oxygens (including phenoxy) is 2. The van der Waals surface area contributed by atoms with Crippen LogP contribution in [0.4, 0.5) is 0 Å². The minimum Gasteiger partial charge on any atom is -0.388 e. The van der Waals surface area contributed by atoms with Gasteiger partial charge in [0.2, 0.25) is 0 Å². The molecule has 0 spiro atoms. The highest BCUT2D eigenvalue weighted by Crippen LogP contribution is 1.92. The van der Waals surface area contributed by atoms with E-state index in [1.807, 2.05) is 7.05 Å². The van der Waals surface area contributed by atoms with Gasteiger partial charge < -0.3 is 24.3 Å². The van der Waals surface area contributed by atoms with Crippen LogP contribution in [0.25, 0.3) is 0 Å². The summed E-state index contributed by atoms with van der Waals surface area (Å²) in [5.74, 6) is 0. The Morgan fingerprint density at radius 3 is 2.72 bits per heavy atom. The maximum Gasteiger partial charge on any atom is 0.120 e. The van der Waals surface area contributed by atoms with Crippen LogP contribution in [0.3, 0.4) is 0 Å². The lowest BCUT2D eigenvalue weighted by molar-refractivity contribution is -0.108. The van der Waals surface area contributed by atoms with E-state index in [1.54, 1.807) is 6.08 Å². The first-order valence-corrected chi connectivity index (χ1v) is 6.27. The van der Waals surface area contributed by atoms with Gasteiger partial charge in [0.15, 0.2) is 0 Å². The molecule has 0 fully saturated rings. The van der Waals surface area contributed by atoms with Crippen molar-refractivity contribution in [1.82, 2.24) is 4.90 Å². The normalized spacial score (nSPS) is 12.6. The van der Waals surface area contributed by atoms with Crippen LogP contribution in [0.15, 0.2) is 12.7 Å². The summed E-state index contributed by atoms with van der Waals surface area (Å²) in [5, 5.41) is 9.48. The van der Waals surface area contributed by atoms with E-state index < -0.39 is 6.10 Å². The van der Waals surface area contributed by atoms with Gasteiger partial charge in [0.1, 0.15) is 12.4 Å². The molecule has 0 saturated carbocycles. The van der Waals surface area contributed by atoms with Gasteiger partial charge in [-0.1, -0.05) is 6.08 Å². The molecule has 0 aromatic heterocycles. The summed E-state index contributed by atoms with van der Waals surface area (Å²) in [7, 11) is 1.98. The third kappa shape index (κ3) is 11.7. The highest BCUT2D eigenvalue weighted by Gasteiger charge is 2.04. The number of likely N-dealkylation sites (N-methyl/N-ethyl adjacent to an activating group) is 1. The molecule has 0 rings (SSSR count). The molecular formula is C13H25NO4. The van der Waals surface area contributed by atoms with Gasteiger partial charge in [-0.25, -0.2) is 0 Å². The number of aldehydes is 1. The minimum atomic E-state index is -0.592. The van der Waals surface area contributed by atoms with E-state index in [1.165, 1.54) is 0 Å². The van der Waals surface area contributed by atoms with E-state index >= 15 is 0 Å². The Labute approximate surface area is 109 Å². The second kappa shape index (κ2) is 12.7. The minimum absolute atomic E-state index is 0.265. The summed E-state index contributed by atoms with van der Waals surface area (Å²) in [4.78, 5) is 12.2. The van der Waals surface area contributed by atoms with Crippen LogP contribution in [0.5, 0.6) is 0 Å². The second-order valence-electron chi connectivity index (χ2n) is 4.17. The summed E-state index contributed by atoms with van der Waals surface area (Å²) in [6.45, 7) is 6.74. The molecule has 5 nitrogen and oxygen atoms in total. The topological polar surface area (TPSA) is 59.0 Å². The number of carbonyl (C=O) groups excluding carboxylic acids is 1. The molecule has 0 heterocycles. The quantitative estimate of drug-likeness (QED) is 0.296. The molecular weight excluding hydrogens is 234 g/mol. The van der Waals surface area contributed by atoms with Gasteiger partial charge in [0, 0.05) is 13.0 Å². The van der Waals surface area contributed by atoms with Crippen molar-refractivity contribution >= 4 is 6.29 Å². The average molecular weight is 259 g/mol. The SMILES string of the molecule is C=CCOCC(O)COCCN(C)CCCC=O. The standard InChI is InChI=1S/C13H25NO4/c1-3-9-17-11-13(16)12-18-10-7-14(2)6-4-5-8-15/h3,8,13,16H,1,4-7,9-12H2,2H3. The molecule has 0 aliphatic heterocycles. The first-order valence-electron chi connectivity index (χ1n) is 6.27. The Morgan fingerprint density at radius 2 is 2.06 bits per heavy atom. The number of carbonyl (C=O) groups is 1. The van der Waals surface area contributed by atoms with Crippen molar-refractivity contribution in [3.63, 3.8) is 0 Å². The summed E-state index contributed by atoms with van der Waals surface area (Å²) >= 11 is 0. The average Bonchev–Trinajstić information content (AvgIpc) is 2.35. The second-order valence-corrected chi connectivity index (χ2v) is 4.17. The first kappa shape index (κ1) is 17.2. The number of hydrogen-bond acceptors (Lipinski definition) is 5. The molecule has 106 valence electrons. The van der Waals surface area contributed by atoms with Gasteiger partial charge in [-0.05, 0) is 20.0 Å². The lowest BCUT2D eigenvalue weighted by Gasteiger charge is -2.17. The van der Waals surface area contributed by atoms with Gasteiger partial charge >= 0.3 is 0 Å². The predicted octanol–water partition coefficient (Wildman–Crippen LogP) is 0.477. The summed E-state index contributed by atoms with van der Waals surface area (Å²) < 4.78 is 10.4. The Hall–Kier alpha value is -0.750. The van der Waals surface area contributed by atoms with E-state index in [9.17, 15) is 9.90 Å². The van der Waals surface area contributed by atoms with E-state index in [4.69, 9.17) is 9.47 Å². The number of unbranched alkanes of at least 4 members (excludes halogenated alkanes) is 1. The Bertz CT molecular complexity index is 189. The molecule has 0 radical (unpaired) electrons. The van der Waals surface area contributed by atoms with Gasteiger partial charge in [0.25, 0.3) is 0 Å². The summed E-state index contributed by atoms with van der Waals surface area (Å²) in [6, 6.07) is 0. The van der Waals surface area contributed by atoms with E-state index in [-0.39, 0.29) is 13.2 Å². The molecule has 1 N–H and O–H groups in total. The molecule has 1 unspecified atom stereocenters. The maximum atomic E-state index is 10.1. The highest BCUT2D eigenvalue weighted by atomic mass is 16.5. The Morgan fingerprint density at radius 1 is 1.33 bits per heavy atom. The van der Waals surface area contributed by atoms with Crippen LogP contribution in [0, 0.1) is 0 Å². The van der Waals surface area contributed by atoms with Crippen molar-refractivity contribution in [1.29, 1.82) is 0 Å². The van der Waals surface area contributed by atoms with Crippen LogP contribution >= 0.6 is 0 Å². The molecule has 0 aliphatic carbocycles. The van der Waals surface area contributed by atoms with Gasteiger partial charge in [-0.15, -0.1) is 6.58 Å². The molecule has 0 aromatic carbocycles. The number of nitrogens with zero attached hydrogens (tertiary/aromatic N) is 1. The summed E-state index contributed by atoms with van der Waals surface area (Å²) in [5.41, 5.74) is 0. The monoisotopic (exact) mass is 259 g/mol. The molecule has 18 heavy (non-hydrogen) atoms. The smallest absolute Gasteiger partial charge is 0.120 e. The van der Waals surface area contributed by atoms with E-state index in [0.717, 1.165) is 25.8 Å². The fourth-order valence-corrected chi connectivity index (χ4v) is 1.33. The third-order valence-corrected chi connectivity index (χ3v) is 2.34. The molecule has 0 aliphatic rings. The zero-order valence-electron chi connectivity index (χ0n) is 11.2. The van der Waals surface area contributed by atoms with Crippen LogP contribution in [-0.2, 0) is 14.3 Å². The number of aliphatic hydroxyl groups excluding tert-OH is 1. The van der Waals surface area contributed by atoms with E-state index in [0.29, 0.717) is 19.6 Å². The first-order chi connectivity index (χ1) is 8.70. The van der Waals surface area contributed by atoms with Gasteiger partial charge in [-0.2, -0.15) is 0 Å². The number of hydrogen-bond donors (Lipinski definition) is 1. The van der Waals surface area contributed by atoms with Crippen LogP contribution < -0.4 is 0 Å². The van der Waals surface area contributed by atoms with Crippen molar-refractivity contribution in [3.8, 4) is 0 Å².